The molecule has 1 aliphatic heterocycles. The summed E-state index contributed by atoms with van der Waals surface area (Å²) >= 11 is 5.56. The fourth-order valence-corrected chi connectivity index (χ4v) is 4.16. The maximum absolute atomic E-state index is 10.6. The Morgan fingerprint density at radius 3 is 2.94 bits per heavy atom. The number of carboxylic acid groups (broad SMARTS) is 1. The number of carbonyl (C=O) groups is 1. The average molecular weight is 330 g/mol. The molecule has 18 heavy (non-hydrogen) atoms. The zero-order chi connectivity index (χ0) is 13.1. The first kappa shape index (κ1) is 13.9. The first-order chi connectivity index (χ1) is 8.58. The predicted molar refractivity (Wildman–Crippen MR) is 78.0 cm³/mol. The molecular formula is C13H16BrNO2S. The number of benzene rings is 1. The largest absolute Gasteiger partial charge is 0.481 e. The summed E-state index contributed by atoms with van der Waals surface area (Å²) in [5, 5.41) is 8.75. The first-order valence-electron chi connectivity index (χ1n) is 5.92. The topological polar surface area (TPSA) is 63.3 Å². The zero-order valence-corrected chi connectivity index (χ0v) is 12.3. The van der Waals surface area contributed by atoms with Gasteiger partial charge in [0.2, 0.25) is 0 Å². The Kier molecular flexibility index (Phi) is 4.70. The van der Waals surface area contributed by atoms with Gasteiger partial charge in [0.1, 0.15) is 0 Å². The van der Waals surface area contributed by atoms with Gasteiger partial charge in [-0.05, 0) is 35.3 Å². The second-order valence-electron chi connectivity index (χ2n) is 4.55. The third kappa shape index (κ3) is 3.28. The highest BCUT2D eigenvalue weighted by Gasteiger charge is 2.20. The molecule has 0 radical (unpaired) electrons. The van der Waals surface area contributed by atoms with Gasteiger partial charge in [0.05, 0.1) is 6.42 Å². The molecule has 1 fully saturated rings. The predicted octanol–water partition coefficient (Wildman–Crippen LogP) is 3.14. The molecule has 1 aromatic carbocycles. The second kappa shape index (κ2) is 6.08. The summed E-state index contributed by atoms with van der Waals surface area (Å²) in [4.78, 5) is 10.6. The zero-order valence-electron chi connectivity index (χ0n) is 9.93. The number of hydrogen-bond acceptors (Lipinski definition) is 3. The van der Waals surface area contributed by atoms with E-state index >= 15 is 0 Å². The van der Waals surface area contributed by atoms with Crippen molar-refractivity contribution in [2.45, 2.75) is 24.8 Å². The fourth-order valence-electron chi connectivity index (χ4n) is 2.19. The van der Waals surface area contributed by atoms with E-state index < -0.39 is 12.0 Å². The van der Waals surface area contributed by atoms with Gasteiger partial charge < -0.3 is 10.8 Å². The summed E-state index contributed by atoms with van der Waals surface area (Å²) in [7, 11) is 0. The lowest BCUT2D eigenvalue weighted by Gasteiger charge is -2.15. The number of halogens is 1. The molecule has 1 aliphatic rings. The smallest absolute Gasteiger partial charge is 0.305 e. The Bertz CT molecular complexity index is 447. The highest BCUT2D eigenvalue weighted by Crippen LogP contribution is 2.37. The van der Waals surface area contributed by atoms with E-state index in [0.717, 1.165) is 10.0 Å². The highest BCUT2D eigenvalue weighted by atomic mass is 79.9. The molecule has 2 atom stereocenters. The minimum Gasteiger partial charge on any atom is -0.481 e. The summed E-state index contributed by atoms with van der Waals surface area (Å²) in [6, 6.07) is 5.56. The molecule has 3 N–H and O–H groups in total. The number of rotatable bonds is 4. The summed E-state index contributed by atoms with van der Waals surface area (Å²) in [6.45, 7) is 0. The molecule has 2 rings (SSSR count). The van der Waals surface area contributed by atoms with Gasteiger partial charge in [-0.25, -0.2) is 0 Å². The van der Waals surface area contributed by atoms with Crippen molar-refractivity contribution in [3.05, 3.63) is 33.8 Å². The number of aliphatic carboxylic acids is 1. The van der Waals surface area contributed by atoms with E-state index in [1.54, 1.807) is 0 Å². The lowest BCUT2D eigenvalue weighted by atomic mass is 9.95. The quantitative estimate of drug-likeness (QED) is 0.890. The van der Waals surface area contributed by atoms with Crippen molar-refractivity contribution in [1.82, 2.24) is 0 Å². The third-order valence-corrected chi connectivity index (χ3v) is 5.07. The van der Waals surface area contributed by atoms with Crippen LogP contribution in [0, 0.1) is 0 Å². The second-order valence-corrected chi connectivity index (χ2v) is 6.55. The van der Waals surface area contributed by atoms with Crippen molar-refractivity contribution in [1.29, 1.82) is 0 Å². The van der Waals surface area contributed by atoms with Crippen LogP contribution >= 0.6 is 27.7 Å². The van der Waals surface area contributed by atoms with E-state index in [1.165, 1.54) is 23.5 Å². The van der Waals surface area contributed by atoms with Crippen LogP contribution in [0.4, 0.5) is 0 Å². The molecule has 0 aromatic heterocycles. The van der Waals surface area contributed by atoms with Crippen molar-refractivity contribution < 1.29 is 9.90 Å². The van der Waals surface area contributed by atoms with Crippen molar-refractivity contribution in [2.75, 3.05) is 11.5 Å². The van der Waals surface area contributed by atoms with Crippen LogP contribution in [0.3, 0.4) is 0 Å². The Balaban J connectivity index is 2.16. The molecule has 1 saturated heterocycles. The van der Waals surface area contributed by atoms with Crippen molar-refractivity contribution >= 4 is 33.7 Å². The molecule has 0 saturated carbocycles. The molecule has 0 aliphatic carbocycles. The van der Waals surface area contributed by atoms with E-state index in [9.17, 15) is 4.79 Å². The molecule has 0 amide bonds. The third-order valence-electron chi connectivity index (χ3n) is 3.22. The summed E-state index contributed by atoms with van der Waals surface area (Å²) < 4.78 is 1.05. The molecule has 5 heteroatoms. The van der Waals surface area contributed by atoms with Crippen molar-refractivity contribution in [3.8, 4) is 0 Å². The number of carboxylic acids is 1. The van der Waals surface area contributed by atoms with Gasteiger partial charge in [-0.3, -0.25) is 4.79 Å². The van der Waals surface area contributed by atoms with Crippen LogP contribution in [-0.4, -0.2) is 22.6 Å². The number of nitrogens with two attached hydrogens (primary N) is 1. The Morgan fingerprint density at radius 2 is 2.39 bits per heavy atom. The standard InChI is InChI=1S/C13H16BrNO2S/c14-11-5-8(12(15)6-13(16)17)1-2-10(11)9-3-4-18-7-9/h1-2,5,9,12H,3-4,6-7,15H2,(H,16,17). The van der Waals surface area contributed by atoms with Crippen molar-refractivity contribution in [2.24, 2.45) is 5.73 Å². The average Bonchev–Trinajstić information content (AvgIpc) is 2.81. The van der Waals surface area contributed by atoms with Crippen LogP contribution in [0.1, 0.15) is 35.9 Å². The van der Waals surface area contributed by atoms with Gasteiger partial charge in [-0.15, -0.1) is 0 Å². The molecule has 1 heterocycles. The maximum Gasteiger partial charge on any atom is 0.305 e. The molecule has 1 aromatic rings. The SMILES string of the molecule is NC(CC(=O)O)c1ccc(C2CCSC2)c(Br)c1. The van der Waals surface area contributed by atoms with Gasteiger partial charge in [0.25, 0.3) is 0 Å². The highest BCUT2D eigenvalue weighted by molar-refractivity contribution is 9.10. The molecule has 0 bridgehead atoms. The number of thioether (sulfide) groups is 1. The van der Waals surface area contributed by atoms with Crippen LogP contribution in [0.25, 0.3) is 0 Å². The minimum atomic E-state index is -0.866. The van der Waals surface area contributed by atoms with E-state index in [2.05, 4.69) is 22.0 Å². The normalized spacial score (nSPS) is 20.9. The molecular weight excluding hydrogens is 314 g/mol. The molecule has 2 unspecified atom stereocenters. The van der Waals surface area contributed by atoms with Crippen LogP contribution in [-0.2, 0) is 4.79 Å². The van der Waals surface area contributed by atoms with Crippen LogP contribution < -0.4 is 5.73 Å². The summed E-state index contributed by atoms with van der Waals surface area (Å²) in [5.41, 5.74) is 8.05. The van der Waals surface area contributed by atoms with Crippen LogP contribution in [0.15, 0.2) is 22.7 Å². The minimum absolute atomic E-state index is 0.0366. The monoisotopic (exact) mass is 329 g/mol. The Labute approximate surface area is 119 Å². The molecule has 98 valence electrons. The van der Waals surface area contributed by atoms with Gasteiger partial charge in [-0.1, -0.05) is 28.1 Å². The van der Waals surface area contributed by atoms with Gasteiger partial charge >= 0.3 is 5.97 Å². The van der Waals surface area contributed by atoms with Gasteiger partial charge in [0.15, 0.2) is 0 Å². The first-order valence-corrected chi connectivity index (χ1v) is 7.87. The lowest BCUT2D eigenvalue weighted by molar-refractivity contribution is -0.137. The maximum atomic E-state index is 10.6. The van der Waals surface area contributed by atoms with E-state index in [1.807, 2.05) is 23.9 Å². The molecule has 0 spiro atoms. The van der Waals surface area contributed by atoms with Crippen LogP contribution in [0.2, 0.25) is 0 Å². The van der Waals surface area contributed by atoms with Gasteiger partial charge in [-0.2, -0.15) is 11.8 Å². The Hall–Kier alpha value is -0.520. The summed E-state index contributed by atoms with van der Waals surface area (Å²) in [6.07, 6.45) is 1.18. The van der Waals surface area contributed by atoms with Gasteiger partial charge in [0, 0.05) is 16.3 Å². The van der Waals surface area contributed by atoms with Crippen molar-refractivity contribution in [3.63, 3.8) is 0 Å². The van der Waals surface area contributed by atoms with E-state index in [-0.39, 0.29) is 6.42 Å². The summed E-state index contributed by atoms with van der Waals surface area (Å²) in [5.74, 6) is 2.13. The van der Waals surface area contributed by atoms with E-state index in [4.69, 9.17) is 10.8 Å². The van der Waals surface area contributed by atoms with E-state index in [0.29, 0.717) is 5.92 Å². The molecule has 3 nitrogen and oxygen atoms in total. The lowest BCUT2D eigenvalue weighted by Crippen LogP contribution is -2.15. The fraction of sp³-hybridized carbons (Fsp3) is 0.462. The van der Waals surface area contributed by atoms with Crippen LogP contribution in [0.5, 0.6) is 0 Å². The number of hydrogen-bond donors (Lipinski definition) is 2. The Morgan fingerprint density at radius 1 is 1.61 bits per heavy atom.